The van der Waals surface area contributed by atoms with Gasteiger partial charge in [0.2, 0.25) is 5.91 Å². The maximum atomic E-state index is 11.4. The van der Waals surface area contributed by atoms with Gasteiger partial charge in [0.15, 0.2) is 0 Å². The summed E-state index contributed by atoms with van der Waals surface area (Å²) in [6.45, 7) is 6.54. The minimum absolute atomic E-state index is 0.0118. The zero-order valence-corrected chi connectivity index (χ0v) is 9.64. The molecule has 2 N–H and O–H groups in total. The van der Waals surface area contributed by atoms with Crippen molar-refractivity contribution in [3.8, 4) is 0 Å². The van der Waals surface area contributed by atoms with Crippen molar-refractivity contribution in [1.29, 1.82) is 0 Å². The first kappa shape index (κ1) is 11.9. The molecule has 0 bridgehead atoms. The lowest BCUT2D eigenvalue weighted by atomic mass is 10.3. The summed E-state index contributed by atoms with van der Waals surface area (Å²) in [6.07, 6.45) is 1.73. The lowest BCUT2D eigenvalue weighted by Crippen LogP contribution is -2.35. The van der Waals surface area contributed by atoms with Gasteiger partial charge in [0.25, 0.3) is 0 Å². The highest BCUT2D eigenvalue weighted by Gasteiger charge is 2.08. The molecule has 0 aromatic carbocycles. The molecule has 0 fully saturated rings. The Labute approximate surface area is 94.2 Å². The average Bonchev–Trinajstić information content (AvgIpc) is 2.70. The fourth-order valence-corrected chi connectivity index (χ4v) is 1.92. The van der Waals surface area contributed by atoms with Crippen molar-refractivity contribution in [2.45, 2.75) is 13.0 Å². The van der Waals surface area contributed by atoms with Crippen molar-refractivity contribution >= 4 is 17.2 Å². The molecule has 1 heterocycles. The number of rotatable bonds is 6. The minimum atomic E-state index is 0.0118. The lowest BCUT2D eigenvalue weighted by Gasteiger charge is -2.12. The highest BCUT2D eigenvalue weighted by Crippen LogP contribution is 2.17. The van der Waals surface area contributed by atoms with Crippen LogP contribution in [-0.4, -0.2) is 19.0 Å². The van der Waals surface area contributed by atoms with Crippen LogP contribution in [0.3, 0.4) is 0 Å². The van der Waals surface area contributed by atoms with Crippen molar-refractivity contribution in [2.75, 3.05) is 13.1 Å². The quantitative estimate of drug-likeness (QED) is 0.570. The van der Waals surface area contributed by atoms with Gasteiger partial charge in [-0.3, -0.25) is 4.79 Å². The third-order valence-corrected chi connectivity index (χ3v) is 2.98. The number of hydrogen-bond acceptors (Lipinski definition) is 3. The van der Waals surface area contributed by atoms with E-state index in [2.05, 4.69) is 17.2 Å². The highest BCUT2D eigenvalue weighted by molar-refractivity contribution is 7.10. The number of hydrogen-bond donors (Lipinski definition) is 2. The van der Waals surface area contributed by atoms with E-state index in [4.69, 9.17) is 0 Å². The van der Waals surface area contributed by atoms with Crippen molar-refractivity contribution in [3.63, 3.8) is 0 Å². The maximum absolute atomic E-state index is 11.4. The summed E-state index contributed by atoms with van der Waals surface area (Å²) in [4.78, 5) is 12.6. The van der Waals surface area contributed by atoms with Gasteiger partial charge in [-0.15, -0.1) is 17.9 Å². The molecule has 1 rings (SSSR count). The summed E-state index contributed by atoms with van der Waals surface area (Å²) in [5, 5.41) is 7.88. The normalized spacial score (nSPS) is 12.1. The van der Waals surface area contributed by atoms with Crippen LogP contribution in [0.2, 0.25) is 0 Å². The van der Waals surface area contributed by atoms with Crippen molar-refractivity contribution in [1.82, 2.24) is 10.6 Å². The second-order valence-electron chi connectivity index (χ2n) is 3.22. The minimum Gasteiger partial charge on any atom is -0.348 e. The molecule has 0 aliphatic rings. The molecule has 0 saturated carbocycles. The molecule has 0 aliphatic heterocycles. The first-order chi connectivity index (χ1) is 7.24. The lowest BCUT2D eigenvalue weighted by molar-refractivity contribution is -0.120. The molecule has 0 radical (unpaired) electrons. The number of thiophene rings is 1. The summed E-state index contributed by atoms with van der Waals surface area (Å²) in [6, 6.07) is 4.09. The Morgan fingerprint density at radius 2 is 2.53 bits per heavy atom. The number of carbonyl (C=O) groups is 1. The third kappa shape index (κ3) is 4.27. The van der Waals surface area contributed by atoms with Crippen LogP contribution in [0.15, 0.2) is 30.2 Å². The molecular weight excluding hydrogens is 208 g/mol. The van der Waals surface area contributed by atoms with E-state index in [0.29, 0.717) is 13.1 Å². The first-order valence-electron chi connectivity index (χ1n) is 4.88. The van der Waals surface area contributed by atoms with E-state index < -0.39 is 0 Å². The number of nitrogens with one attached hydrogen (secondary N) is 2. The fraction of sp³-hybridized carbons (Fsp3) is 0.364. The molecule has 15 heavy (non-hydrogen) atoms. The van der Waals surface area contributed by atoms with E-state index in [0.717, 1.165) is 0 Å². The Kier molecular flexibility index (Phi) is 5.07. The summed E-state index contributed by atoms with van der Waals surface area (Å²) >= 11 is 1.65. The van der Waals surface area contributed by atoms with Gasteiger partial charge >= 0.3 is 0 Å². The molecule has 0 spiro atoms. The smallest absolute Gasteiger partial charge is 0.234 e. The largest absolute Gasteiger partial charge is 0.348 e. The highest BCUT2D eigenvalue weighted by atomic mass is 32.1. The molecule has 0 aliphatic carbocycles. The van der Waals surface area contributed by atoms with Gasteiger partial charge in [0.05, 0.1) is 12.6 Å². The van der Waals surface area contributed by atoms with Crippen molar-refractivity contribution < 1.29 is 4.79 Å². The Hall–Kier alpha value is -1.13. The van der Waals surface area contributed by atoms with E-state index in [1.54, 1.807) is 17.4 Å². The van der Waals surface area contributed by atoms with Gasteiger partial charge in [0.1, 0.15) is 0 Å². The van der Waals surface area contributed by atoms with Crippen molar-refractivity contribution in [3.05, 3.63) is 35.0 Å². The molecule has 1 aromatic rings. The predicted octanol–water partition coefficient (Wildman–Crippen LogP) is 1.70. The second kappa shape index (κ2) is 6.37. The van der Waals surface area contributed by atoms with Gasteiger partial charge < -0.3 is 10.6 Å². The molecule has 0 unspecified atom stereocenters. The van der Waals surface area contributed by atoms with Crippen LogP contribution in [-0.2, 0) is 4.79 Å². The van der Waals surface area contributed by atoms with Gasteiger partial charge in [-0.2, -0.15) is 0 Å². The van der Waals surface area contributed by atoms with Crippen LogP contribution < -0.4 is 10.6 Å². The molecule has 82 valence electrons. The fourth-order valence-electron chi connectivity index (χ4n) is 1.19. The number of carbonyl (C=O) groups excluding carboxylic acids is 1. The summed E-state index contributed by atoms with van der Waals surface area (Å²) in [5.41, 5.74) is 0. The second-order valence-corrected chi connectivity index (χ2v) is 4.20. The molecule has 1 atom stereocenters. The van der Waals surface area contributed by atoms with E-state index in [-0.39, 0.29) is 11.9 Å². The molecule has 1 aromatic heterocycles. The molecule has 4 heteroatoms. The first-order valence-corrected chi connectivity index (χ1v) is 5.76. The zero-order chi connectivity index (χ0) is 11.1. The van der Waals surface area contributed by atoms with E-state index >= 15 is 0 Å². The van der Waals surface area contributed by atoms with Gasteiger partial charge in [-0.25, -0.2) is 0 Å². The topological polar surface area (TPSA) is 41.1 Å². The van der Waals surface area contributed by atoms with Crippen LogP contribution in [0, 0.1) is 0 Å². The Balaban J connectivity index is 2.28. The van der Waals surface area contributed by atoms with E-state index in [9.17, 15) is 4.79 Å². The Morgan fingerprint density at radius 3 is 3.13 bits per heavy atom. The number of amides is 1. The molecule has 1 amide bonds. The maximum Gasteiger partial charge on any atom is 0.234 e. The van der Waals surface area contributed by atoms with Crippen LogP contribution in [0.25, 0.3) is 0 Å². The molecule has 3 nitrogen and oxygen atoms in total. The Morgan fingerprint density at radius 1 is 1.73 bits per heavy atom. The predicted molar refractivity (Wildman–Crippen MR) is 63.9 cm³/mol. The van der Waals surface area contributed by atoms with E-state index in [1.807, 2.05) is 24.4 Å². The van der Waals surface area contributed by atoms with Gasteiger partial charge in [-0.05, 0) is 18.4 Å². The Bertz CT molecular complexity index is 308. The van der Waals surface area contributed by atoms with E-state index in [1.165, 1.54) is 4.88 Å². The van der Waals surface area contributed by atoms with Crippen LogP contribution in [0.1, 0.15) is 17.8 Å². The zero-order valence-electron chi connectivity index (χ0n) is 8.82. The van der Waals surface area contributed by atoms with Gasteiger partial charge in [0, 0.05) is 11.4 Å². The monoisotopic (exact) mass is 224 g/mol. The van der Waals surface area contributed by atoms with Crippen LogP contribution >= 0.6 is 11.3 Å². The van der Waals surface area contributed by atoms with Crippen molar-refractivity contribution in [2.24, 2.45) is 0 Å². The SMILES string of the molecule is C=CCNCC(=O)N[C@@H](C)c1cccs1. The summed E-state index contributed by atoms with van der Waals surface area (Å²) < 4.78 is 0. The van der Waals surface area contributed by atoms with Crippen LogP contribution in [0.5, 0.6) is 0 Å². The summed E-state index contributed by atoms with van der Waals surface area (Å²) in [5.74, 6) is 0.0118. The summed E-state index contributed by atoms with van der Waals surface area (Å²) in [7, 11) is 0. The standard InChI is InChI=1S/C11H16N2OS/c1-3-6-12-8-11(14)13-9(2)10-5-4-7-15-10/h3-5,7,9,12H,1,6,8H2,2H3,(H,13,14)/t9-/m0/s1. The average molecular weight is 224 g/mol. The third-order valence-electron chi connectivity index (χ3n) is 1.92. The molecule has 0 saturated heterocycles. The van der Waals surface area contributed by atoms with Crippen LogP contribution in [0.4, 0.5) is 0 Å². The van der Waals surface area contributed by atoms with Gasteiger partial charge in [-0.1, -0.05) is 12.1 Å². The molecular formula is C11H16N2OS.